The standard InChI is InChI=1S/C7H5BrClN3/c1-3-10-4-2-5(8)12-6(4)7(9)11-3/h2,12H,1H3. The molecule has 62 valence electrons. The molecule has 0 fully saturated rings. The van der Waals surface area contributed by atoms with Crippen molar-refractivity contribution in [2.45, 2.75) is 6.92 Å². The van der Waals surface area contributed by atoms with Crippen LogP contribution in [0, 0.1) is 6.92 Å². The molecule has 0 aliphatic rings. The van der Waals surface area contributed by atoms with Gasteiger partial charge in [0.05, 0.1) is 10.1 Å². The zero-order valence-corrected chi connectivity index (χ0v) is 8.57. The summed E-state index contributed by atoms with van der Waals surface area (Å²) in [6.45, 7) is 1.81. The molecule has 0 amide bonds. The summed E-state index contributed by atoms with van der Waals surface area (Å²) in [7, 11) is 0. The third kappa shape index (κ3) is 1.21. The number of nitrogens with one attached hydrogen (secondary N) is 1. The molecule has 0 spiro atoms. The highest BCUT2D eigenvalue weighted by Crippen LogP contribution is 2.22. The number of H-pyrrole nitrogens is 1. The number of rotatable bonds is 0. The Morgan fingerprint density at radius 3 is 3.00 bits per heavy atom. The number of nitrogens with zero attached hydrogens (tertiary/aromatic N) is 2. The van der Waals surface area contributed by atoms with Crippen LogP contribution in [0.5, 0.6) is 0 Å². The van der Waals surface area contributed by atoms with Crippen molar-refractivity contribution in [2.75, 3.05) is 0 Å². The highest BCUT2D eigenvalue weighted by atomic mass is 79.9. The van der Waals surface area contributed by atoms with E-state index in [0.29, 0.717) is 11.0 Å². The van der Waals surface area contributed by atoms with E-state index in [1.807, 2.05) is 13.0 Å². The van der Waals surface area contributed by atoms with Crippen molar-refractivity contribution in [3.05, 3.63) is 21.6 Å². The molecule has 3 nitrogen and oxygen atoms in total. The van der Waals surface area contributed by atoms with E-state index >= 15 is 0 Å². The molecule has 0 aliphatic carbocycles. The highest BCUT2D eigenvalue weighted by molar-refractivity contribution is 9.10. The lowest BCUT2D eigenvalue weighted by Gasteiger charge is -1.93. The lowest BCUT2D eigenvalue weighted by atomic mass is 10.4. The number of fused-ring (bicyclic) bond motifs is 1. The van der Waals surface area contributed by atoms with Crippen LogP contribution in [0.3, 0.4) is 0 Å². The molecule has 2 heterocycles. The smallest absolute Gasteiger partial charge is 0.156 e. The second kappa shape index (κ2) is 2.71. The van der Waals surface area contributed by atoms with E-state index < -0.39 is 0 Å². The Kier molecular flexibility index (Phi) is 1.81. The zero-order chi connectivity index (χ0) is 8.72. The summed E-state index contributed by atoms with van der Waals surface area (Å²) in [5, 5.41) is 0.461. The average Bonchev–Trinajstić information content (AvgIpc) is 2.29. The summed E-state index contributed by atoms with van der Waals surface area (Å²) < 4.78 is 0.860. The van der Waals surface area contributed by atoms with Gasteiger partial charge in [0, 0.05) is 0 Å². The monoisotopic (exact) mass is 245 g/mol. The van der Waals surface area contributed by atoms with E-state index in [1.54, 1.807) is 0 Å². The van der Waals surface area contributed by atoms with Crippen molar-refractivity contribution in [1.82, 2.24) is 15.0 Å². The summed E-state index contributed by atoms with van der Waals surface area (Å²) in [5.74, 6) is 0.680. The van der Waals surface area contributed by atoms with E-state index in [9.17, 15) is 0 Å². The lowest BCUT2D eigenvalue weighted by Crippen LogP contribution is -1.87. The van der Waals surface area contributed by atoms with Crippen LogP contribution < -0.4 is 0 Å². The minimum Gasteiger partial charge on any atom is -0.345 e. The summed E-state index contributed by atoms with van der Waals surface area (Å²) >= 11 is 9.17. The highest BCUT2D eigenvalue weighted by Gasteiger charge is 2.05. The molecule has 0 aliphatic heterocycles. The zero-order valence-electron chi connectivity index (χ0n) is 6.23. The van der Waals surface area contributed by atoms with Gasteiger partial charge in [-0.1, -0.05) is 11.6 Å². The van der Waals surface area contributed by atoms with Gasteiger partial charge in [-0.2, -0.15) is 0 Å². The molecule has 0 atom stereocenters. The quantitative estimate of drug-likeness (QED) is 0.726. The molecule has 12 heavy (non-hydrogen) atoms. The fourth-order valence-electron chi connectivity index (χ4n) is 1.05. The second-order valence-corrected chi connectivity index (χ2v) is 3.65. The van der Waals surface area contributed by atoms with Gasteiger partial charge < -0.3 is 4.98 Å². The Morgan fingerprint density at radius 2 is 2.25 bits per heavy atom. The number of aromatic amines is 1. The van der Waals surface area contributed by atoms with Crippen molar-refractivity contribution >= 4 is 38.6 Å². The minimum absolute atomic E-state index is 0.461. The van der Waals surface area contributed by atoms with Crippen molar-refractivity contribution in [3.8, 4) is 0 Å². The van der Waals surface area contributed by atoms with E-state index in [2.05, 4.69) is 30.9 Å². The summed E-state index contributed by atoms with van der Waals surface area (Å²) in [4.78, 5) is 11.2. The Morgan fingerprint density at radius 1 is 1.50 bits per heavy atom. The van der Waals surface area contributed by atoms with E-state index in [0.717, 1.165) is 15.6 Å². The van der Waals surface area contributed by atoms with E-state index in [4.69, 9.17) is 11.6 Å². The van der Waals surface area contributed by atoms with Gasteiger partial charge in [0.1, 0.15) is 11.3 Å². The van der Waals surface area contributed by atoms with Gasteiger partial charge in [0.25, 0.3) is 0 Å². The number of halogens is 2. The van der Waals surface area contributed by atoms with Crippen molar-refractivity contribution in [3.63, 3.8) is 0 Å². The van der Waals surface area contributed by atoms with Crippen LogP contribution in [0.15, 0.2) is 10.7 Å². The SMILES string of the molecule is Cc1nc(Cl)c2[nH]c(Br)cc2n1. The lowest BCUT2D eigenvalue weighted by molar-refractivity contribution is 1.09. The first-order valence-corrected chi connectivity index (χ1v) is 4.52. The van der Waals surface area contributed by atoms with Gasteiger partial charge in [-0.3, -0.25) is 0 Å². The number of aromatic nitrogens is 3. The first kappa shape index (κ1) is 8.01. The predicted molar refractivity (Wildman–Crippen MR) is 51.3 cm³/mol. The summed E-state index contributed by atoms with van der Waals surface area (Å²) in [5.41, 5.74) is 1.61. The molecule has 1 N–H and O–H groups in total. The Balaban J connectivity index is 2.88. The normalized spacial score (nSPS) is 10.9. The molecular weight excluding hydrogens is 241 g/mol. The largest absolute Gasteiger partial charge is 0.345 e. The Hall–Kier alpha value is -0.610. The van der Waals surface area contributed by atoms with Crippen LogP contribution in [0.25, 0.3) is 11.0 Å². The molecule has 0 unspecified atom stereocenters. The third-order valence-electron chi connectivity index (χ3n) is 1.51. The molecule has 2 aromatic heterocycles. The van der Waals surface area contributed by atoms with Gasteiger partial charge >= 0.3 is 0 Å². The topological polar surface area (TPSA) is 41.6 Å². The number of hydrogen-bond donors (Lipinski definition) is 1. The van der Waals surface area contributed by atoms with E-state index in [1.165, 1.54) is 0 Å². The average molecular weight is 246 g/mol. The maximum absolute atomic E-state index is 5.87. The van der Waals surface area contributed by atoms with Gasteiger partial charge in [-0.15, -0.1) is 0 Å². The van der Waals surface area contributed by atoms with Crippen LogP contribution in [-0.2, 0) is 0 Å². The predicted octanol–water partition coefficient (Wildman–Crippen LogP) is 2.68. The van der Waals surface area contributed by atoms with Crippen LogP contribution >= 0.6 is 27.5 Å². The maximum atomic E-state index is 5.87. The molecular formula is C7H5BrClN3. The number of hydrogen-bond acceptors (Lipinski definition) is 2. The molecule has 0 aromatic carbocycles. The first-order chi connectivity index (χ1) is 5.66. The summed E-state index contributed by atoms with van der Waals surface area (Å²) in [6.07, 6.45) is 0. The van der Waals surface area contributed by atoms with Crippen LogP contribution in [0.2, 0.25) is 5.15 Å². The van der Waals surface area contributed by atoms with Crippen molar-refractivity contribution in [1.29, 1.82) is 0 Å². The van der Waals surface area contributed by atoms with Gasteiger partial charge in [-0.25, -0.2) is 9.97 Å². The molecule has 0 bridgehead atoms. The first-order valence-electron chi connectivity index (χ1n) is 3.35. The van der Waals surface area contributed by atoms with Crippen molar-refractivity contribution < 1.29 is 0 Å². The Labute approximate surface area is 82.3 Å². The molecule has 5 heteroatoms. The van der Waals surface area contributed by atoms with Gasteiger partial charge in [-0.05, 0) is 28.9 Å². The van der Waals surface area contributed by atoms with E-state index in [-0.39, 0.29) is 0 Å². The summed E-state index contributed by atoms with van der Waals surface area (Å²) in [6, 6.07) is 1.87. The Bertz CT molecular complexity index is 437. The molecule has 2 aromatic rings. The fraction of sp³-hybridized carbons (Fsp3) is 0.143. The van der Waals surface area contributed by atoms with Crippen molar-refractivity contribution in [2.24, 2.45) is 0 Å². The molecule has 2 rings (SSSR count). The third-order valence-corrected chi connectivity index (χ3v) is 2.21. The van der Waals surface area contributed by atoms with Crippen LogP contribution in [-0.4, -0.2) is 15.0 Å². The maximum Gasteiger partial charge on any atom is 0.156 e. The molecule has 0 saturated carbocycles. The molecule has 0 saturated heterocycles. The van der Waals surface area contributed by atoms with Crippen LogP contribution in [0.1, 0.15) is 5.82 Å². The number of aryl methyl sites for hydroxylation is 1. The minimum atomic E-state index is 0.461. The second-order valence-electron chi connectivity index (χ2n) is 2.44. The van der Waals surface area contributed by atoms with Crippen LogP contribution in [0.4, 0.5) is 0 Å². The van der Waals surface area contributed by atoms with Gasteiger partial charge in [0.15, 0.2) is 5.15 Å². The van der Waals surface area contributed by atoms with Gasteiger partial charge in [0.2, 0.25) is 0 Å². The molecule has 0 radical (unpaired) electrons. The fourth-order valence-corrected chi connectivity index (χ4v) is 1.74.